The first-order valence-electron chi connectivity index (χ1n) is 9.74. The summed E-state index contributed by atoms with van der Waals surface area (Å²) in [6.45, 7) is 0.327. The average Bonchev–Trinajstić information content (AvgIpc) is 3.24. The van der Waals surface area contributed by atoms with Gasteiger partial charge in [-0.2, -0.15) is 0 Å². The minimum absolute atomic E-state index is 0.216. The maximum absolute atomic E-state index is 13.2. The van der Waals surface area contributed by atoms with Gasteiger partial charge >= 0.3 is 0 Å². The summed E-state index contributed by atoms with van der Waals surface area (Å²) in [7, 11) is 3.16. The minimum atomic E-state index is -0.216. The summed E-state index contributed by atoms with van der Waals surface area (Å²) in [6.07, 6.45) is 6.64. The Hall–Kier alpha value is -3.42. The first kappa shape index (κ1) is 21.8. The van der Waals surface area contributed by atoms with Crippen molar-refractivity contribution in [3.8, 4) is 11.5 Å². The molecule has 0 saturated heterocycles. The van der Waals surface area contributed by atoms with E-state index >= 15 is 0 Å². The van der Waals surface area contributed by atoms with E-state index in [4.69, 9.17) is 26.1 Å². The zero-order valence-electron chi connectivity index (χ0n) is 17.5. The Morgan fingerprint density at radius 2 is 1.91 bits per heavy atom. The Labute approximate surface area is 194 Å². The number of methoxy groups -OCH3 is 2. The van der Waals surface area contributed by atoms with Gasteiger partial charge in [-0.1, -0.05) is 47.2 Å². The summed E-state index contributed by atoms with van der Waals surface area (Å²) in [6, 6.07) is 14.8. The number of benzene rings is 2. The van der Waals surface area contributed by atoms with E-state index in [9.17, 15) is 4.79 Å². The Bertz CT molecular complexity index is 1230. The third kappa shape index (κ3) is 4.74. The van der Waals surface area contributed by atoms with Crippen molar-refractivity contribution in [3.05, 3.63) is 83.2 Å². The van der Waals surface area contributed by atoms with E-state index in [0.717, 1.165) is 21.3 Å². The van der Waals surface area contributed by atoms with E-state index in [1.54, 1.807) is 49.7 Å². The van der Waals surface area contributed by atoms with Crippen molar-refractivity contribution < 1.29 is 14.3 Å². The lowest BCUT2D eigenvalue weighted by atomic mass is 10.2. The molecule has 2 aromatic heterocycles. The van der Waals surface area contributed by atoms with Crippen molar-refractivity contribution in [1.82, 2.24) is 9.97 Å². The molecule has 2 heterocycles. The summed E-state index contributed by atoms with van der Waals surface area (Å²) < 4.78 is 11.7. The number of hydrogen-bond donors (Lipinski definition) is 0. The van der Waals surface area contributed by atoms with Crippen LogP contribution in [0.15, 0.2) is 67.0 Å². The van der Waals surface area contributed by atoms with Gasteiger partial charge in [0.25, 0.3) is 5.91 Å². The number of hydrogen-bond acceptors (Lipinski definition) is 6. The van der Waals surface area contributed by atoms with Crippen LogP contribution in [0.5, 0.6) is 11.5 Å². The molecule has 0 atom stereocenters. The van der Waals surface area contributed by atoms with Crippen LogP contribution in [-0.2, 0) is 11.3 Å². The third-order valence-electron chi connectivity index (χ3n) is 4.75. The smallest absolute Gasteiger partial charge is 0.253 e. The van der Waals surface area contributed by atoms with Gasteiger partial charge in [-0.05, 0) is 29.3 Å². The molecule has 0 aliphatic heterocycles. The summed E-state index contributed by atoms with van der Waals surface area (Å²) in [4.78, 5) is 23.7. The van der Waals surface area contributed by atoms with Crippen molar-refractivity contribution in [2.75, 3.05) is 19.1 Å². The third-order valence-corrected chi connectivity index (χ3v) is 6.14. The summed E-state index contributed by atoms with van der Waals surface area (Å²) in [5, 5.41) is 1.14. The van der Waals surface area contributed by atoms with E-state index in [0.29, 0.717) is 28.2 Å². The van der Waals surface area contributed by atoms with Gasteiger partial charge in [0.15, 0.2) is 16.6 Å². The molecule has 8 heteroatoms. The highest BCUT2D eigenvalue weighted by Gasteiger charge is 2.20. The lowest BCUT2D eigenvalue weighted by molar-refractivity contribution is -0.114. The lowest BCUT2D eigenvalue weighted by Gasteiger charge is -2.18. The molecule has 0 spiro atoms. The standard InChI is InChI=1S/C24H20ClN3O3S/c1-30-20-12-19-22(13-21(20)31-2)32-24(27-19)28(15-16-6-5-11-26-14-16)23(29)10-9-17-7-3-4-8-18(17)25/h3-14H,15H2,1-2H3/b10-9+. The lowest BCUT2D eigenvalue weighted by Crippen LogP contribution is -2.28. The highest BCUT2D eigenvalue weighted by atomic mass is 35.5. The predicted molar refractivity (Wildman–Crippen MR) is 129 cm³/mol. The van der Waals surface area contributed by atoms with E-state index in [1.165, 1.54) is 17.4 Å². The number of nitrogens with zero attached hydrogens (tertiary/aromatic N) is 3. The monoisotopic (exact) mass is 465 g/mol. The molecule has 2 aromatic carbocycles. The fourth-order valence-electron chi connectivity index (χ4n) is 3.13. The number of amides is 1. The van der Waals surface area contributed by atoms with Crippen LogP contribution in [0.25, 0.3) is 16.3 Å². The number of pyridine rings is 1. The summed E-state index contributed by atoms with van der Waals surface area (Å²) in [5.41, 5.74) is 2.38. The van der Waals surface area contributed by atoms with E-state index < -0.39 is 0 Å². The van der Waals surface area contributed by atoms with Crippen LogP contribution >= 0.6 is 22.9 Å². The van der Waals surface area contributed by atoms with Gasteiger partial charge in [0, 0.05) is 35.6 Å². The molecule has 6 nitrogen and oxygen atoms in total. The van der Waals surface area contributed by atoms with Gasteiger partial charge in [-0.3, -0.25) is 14.7 Å². The number of fused-ring (bicyclic) bond motifs is 1. The van der Waals surface area contributed by atoms with Crippen molar-refractivity contribution in [2.45, 2.75) is 6.54 Å². The van der Waals surface area contributed by atoms with Gasteiger partial charge in [0.05, 0.1) is 31.0 Å². The first-order chi connectivity index (χ1) is 15.6. The molecular formula is C24H20ClN3O3S. The molecule has 0 radical (unpaired) electrons. The largest absolute Gasteiger partial charge is 0.493 e. The zero-order valence-corrected chi connectivity index (χ0v) is 19.1. The number of carbonyl (C=O) groups is 1. The normalized spacial score (nSPS) is 11.1. The Balaban J connectivity index is 1.72. The first-order valence-corrected chi connectivity index (χ1v) is 10.9. The van der Waals surface area contributed by atoms with Gasteiger partial charge in [0.1, 0.15) is 0 Å². The number of ether oxygens (including phenoxy) is 2. The maximum Gasteiger partial charge on any atom is 0.253 e. The maximum atomic E-state index is 13.2. The van der Waals surface area contributed by atoms with Crippen LogP contribution in [0.3, 0.4) is 0 Å². The number of aromatic nitrogens is 2. The van der Waals surface area contributed by atoms with Crippen molar-refractivity contribution in [1.29, 1.82) is 0 Å². The summed E-state index contributed by atoms with van der Waals surface area (Å²) in [5.74, 6) is 0.978. The van der Waals surface area contributed by atoms with Crippen LogP contribution in [0.1, 0.15) is 11.1 Å². The van der Waals surface area contributed by atoms with Crippen molar-refractivity contribution in [2.24, 2.45) is 0 Å². The molecule has 32 heavy (non-hydrogen) atoms. The molecule has 0 saturated carbocycles. The van der Waals surface area contributed by atoms with E-state index in [1.807, 2.05) is 36.4 Å². The number of anilines is 1. The second-order valence-electron chi connectivity index (χ2n) is 6.81. The number of halogens is 1. The molecule has 4 rings (SSSR count). The van der Waals surface area contributed by atoms with Gasteiger partial charge in [-0.15, -0.1) is 0 Å². The summed E-state index contributed by atoms with van der Waals surface area (Å²) >= 11 is 7.63. The van der Waals surface area contributed by atoms with Crippen molar-refractivity contribution in [3.63, 3.8) is 0 Å². The fourth-order valence-corrected chi connectivity index (χ4v) is 4.31. The topological polar surface area (TPSA) is 64.5 Å². The molecular weight excluding hydrogens is 446 g/mol. The Morgan fingerprint density at radius 1 is 1.12 bits per heavy atom. The van der Waals surface area contributed by atoms with Crippen molar-refractivity contribution >= 4 is 50.3 Å². The predicted octanol–water partition coefficient (Wildman–Crippen LogP) is 5.61. The molecule has 4 aromatic rings. The minimum Gasteiger partial charge on any atom is -0.493 e. The second kappa shape index (κ2) is 9.80. The molecule has 0 N–H and O–H groups in total. The van der Waals surface area contributed by atoms with E-state index in [2.05, 4.69) is 4.98 Å². The fraction of sp³-hybridized carbons (Fsp3) is 0.125. The van der Waals surface area contributed by atoms with Crippen LogP contribution in [0, 0.1) is 0 Å². The highest BCUT2D eigenvalue weighted by molar-refractivity contribution is 7.22. The van der Waals surface area contributed by atoms with Crippen LogP contribution in [-0.4, -0.2) is 30.1 Å². The quantitative estimate of drug-likeness (QED) is 0.332. The van der Waals surface area contributed by atoms with Gasteiger partial charge < -0.3 is 9.47 Å². The Kier molecular flexibility index (Phi) is 6.68. The second-order valence-corrected chi connectivity index (χ2v) is 8.23. The van der Waals surface area contributed by atoms with Crippen LogP contribution in [0.2, 0.25) is 5.02 Å². The molecule has 0 fully saturated rings. The average molecular weight is 466 g/mol. The van der Waals surface area contributed by atoms with Crippen LogP contribution < -0.4 is 14.4 Å². The number of rotatable bonds is 7. The number of thiazole rings is 1. The molecule has 0 aliphatic rings. The number of carbonyl (C=O) groups excluding carboxylic acids is 1. The Morgan fingerprint density at radius 3 is 2.62 bits per heavy atom. The van der Waals surface area contributed by atoms with Crippen LogP contribution in [0.4, 0.5) is 5.13 Å². The zero-order chi connectivity index (χ0) is 22.5. The molecule has 0 aliphatic carbocycles. The molecule has 0 bridgehead atoms. The molecule has 162 valence electrons. The van der Waals surface area contributed by atoms with Gasteiger partial charge in [-0.25, -0.2) is 4.98 Å². The molecule has 1 amide bonds. The molecule has 0 unspecified atom stereocenters. The van der Waals surface area contributed by atoms with E-state index in [-0.39, 0.29) is 5.91 Å². The highest BCUT2D eigenvalue weighted by Crippen LogP contribution is 2.37. The SMILES string of the molecule is COc1cc2nc(N(Cc3cccnc3)C(=O)/C=C/c3ccccc3Cl)sc2cc1OC. The van der Waals surface area contributed by atoms with Gasteiger partial charge in [0.2, 0.25) is 0 Å².